The van der Waals surface area contributed by atoms with Crippen molar-refractivity contribution < 1.29 is 19.4 Å². The van der Waals surface area contributed by atoms with Gasteiger partial charge in [-0.25, -0.2) is 4.98 Å². The van der Waals surface area contributed by atoms with Gasteiger partial charge in [-0.2, -0.15) is 0 Å². The summed E-state index contributed by atoms with van der Waals surface area (Å²) in [5.41, 5.74) is 0.617. The molecule has 0 aliphatic rings. The van der Waals surface area contributed by atoms with E-state index in [1.54, 1.807) is 43.6 Å². The van der Waals surface area contributed by atoms with Crippen LogP contribution in [-0.2, 0) is 4.74 Å². The predicted octanol–water partition coefficient (Wildman–Crippen LogP) is 2.06. The summed E-state index contributed by atoms with van der Waals surface area (Å²) in [4.78, 5) is 16.3. The number of phenols is 1. The number of carbonyl (C=O) groups excluding carboxylic acids is 1. The van der Waals surface area contributed by atoms with Crippen LogP contribution in [0.2, 0.25) is 0 Å². The molecule has 1 amide bonds. The van der Waals surface area contributed by atoms with Crippen LogP contribution in [0.15, 0.2) is 42.6 Å². The molecule has 0 radical (unpaired) electrons. The van der Waals surface area contributed by atoms with E-state index in [0.29, 0.717) is 18.9 Å². The molecule has 1 heterocycles. The Morgan fingerprint density at radius 1 is 1.24 bits per heavy atom. The molecule has 2 aromatic rings. The minimum Gasteiger partial charge on any atom is -0.506 e. The van der Waals surface area contributed by atoms with Gasteiger partial charge in [0.1, 0.15) is 17.9 Å². The molecule has 21 heavy (non-hydrogen) atoms. The van der Waals surface area contributed by atoms with Crippen molar-refractivity contribution in [1.82, 2.24) is 4.98 Å². The van der Waals surface area contributed by atoms with Crippen LogP contribution < -0.4 is 10.1 Å². The molecular weight excluding hydrogens is 272 g/mol. The molecule has 6 nitrogen and oxygen atoms in total. The zero-order chi connectivity index (χ0) is 15.1. The van der Waals surface area contributed by atoms with E-state index in [1.807, 2.05) is 0 Å². The number of rotatable bonds is 6. The Kier molecular flexibility index (Phi) is 5.11. The monoisotopic (exact) mass is 288 g/mol. The third-order valence-corrected chi connectivity index (χ3v) is 2.69. The molecule has 0 aliphatic carbocycles. The molecule has 1 aromatic heterocycles. The predicted molar refractivity (Wildman–Crippen MR) is 77.7 cm³/mol. The highest BCUT2D eigenvalue weighted by molar-refractivity contribution is 6.06. The van der Waals surface area contributed by atoms with Crippen LogP contribution in [0.4, 0.5) is 5.69 Å². The number of methoxy groups -OCH3 is 1. The van der Waals surface area contributed by atoms with Crippen LogP contribution in [0.1, 0.15) is 10.4 Å². The lowest BCUT2D eigenvalue weighted by Gasteiger charge is -2.11. The van der Waals surface area contributed by atoms with E-state index in [-0.39, 0.29) is 17.2 Å². The molecular formula is C15H16N2O4. The number of ether oxygens (including phenoxy) is 2. The van der Waals surface area contributed by atoms with E-state index in [2.05, 4.69) is 10.3 Å². The van der Waals surface area contributed by atoms with Crippen molar-refractivity contribution in [1.29, 1.82) is 0 Å². The average molecular weight is 288 g/mol. The average Bonchev–Trinajstić information content (AvgIpc) is 2.50. The molecule has 0 bridgehead atoms. The number of hydrogen-bond donors (Lipinski definition) is 2. The second kappa shape index (κ2) is 7.25. The van der Waals surface area contributed by atoms with E-state index in [1.165, 1.54) is 6.07 Å². The smallest absolute Gasteiger partial charge is 0.261 e. The fourth-order valence-corrected chi connectivity index (χ4v) is 1.67. The van der Waals surface area contributed by atoms with Gasteiger partial charge in [-0.3, -0.25) is 4.79 Å². The number of benzene rings is 1. The largest absolute Gasteiger partial charge is 0.506 e. The van der Waals surface area contributed by atoms with Gasteiger partial charge >= 0.3 is 0 Å². The highest BCUT2D eigenvalue weighted by Crippen LogP contribution is 2.23. The van der Waals surface area contributed by atoms with Gasteiger partial charge in [-0.1, -0.05) is 12.1 Å². The van der Waals surface area contributed by atoms with Crippen molar-refractivity contribution in [3.8, 4) is 11.6 Å². The van der Waals surface area contributed by atoms with Gasteiger partial charge in [0, 0.05) is 13.3 Å². The van der Waals surface area contributed by atoms with Crippen LogP contribution >= 0.6 is 0 Å². The Bertz CT molecular complexity index is 616. The minimum atomic E-state index is -0.406. The number of para-hydroxylation sites is 2. The van der Waals surface area contributed by atoms with E-state index in [4.69, 9.17) is 9.47 Å². The van der Waals surface area contributed by atoms with Crippen LogP contribution in [0, 0.1) is 0 Å². The second-order valence-electron chi connectivity index (χ2n) is 4.17. The van der Waals surface area contributed by atoms with Crippen molar-refractivity contribution in [3.05, 3.63) is 48.2 Å². The summed E-state index contributed by atoms with van der Waals surface area (Å²) < 4.78 is 10.3. The summed E-state index contributed by atoms with van der Waals surface area (Å²) in [5, 5.41) is 12.3. The first kappa shape index (κ1) is 14.8. The highest BCUT2D eigenvalue weighted by Gasteiger charge is 2.14. The summed E-state index contributed by atoms with van der Waals surface area (Å²) in [7, 11) is 1.56. The standard InChI is InChI=1S/C15H16N2O4/c1-20-9-10-21-15-11(5-4-8-16-15)14(19)17-12-6-2-3-7-13(12)18/h2-8,18H,9-10H2,1H3,(H,17,19). The van der Waals surface area contributed by atoms with Crippen molar-refractivity contribution in [2.24, 2.45) is 0 Å². The molecule has 0 spiro atoms. The van der Waals surface area contributed by atoms with E-state index >= 15 is 0 Å². The number of aromatic hydroxyl groups is 1. The van der Waals surface area contributed by atoms with Crippen molar-refractivity contribution >= 4 is 11.6 Å². The number of carbonyl (C=O) groups is 1. The van der Waals surface area contributed by atoms with E-state index in [9.17, 15) is 9.90 Å². The topological polar surface area (TPSA) is 80.7 Å². The summed E-state index contributed by atoms with van der Waals surface area (Å²) in [6.45, 7) is 0.696. The maximum Gasteiger partial charge on any atom is 0.261 e. The molecule has 2 N–H and O–H groups in total. The third kappa shape index (κ3) is 3.93. The zero-order valence-electron chi connectivity index (χ0n) is 11.6. The Labute approximate surface area is 122 Å². The molecule has 0 atom stereocenters. The summed E-state index contributed by atoms with van der Waals surface area (Å²) in [5.74, 6) is -0.184. The van der Waals surface area contributed by atoms with Crippen molar-refractivity contribution in [2.75, 3.05) is 25.6 Å². The minimum absolute atomic E-state index is 0.00316. The molecule has 0 saturated heterocycles. The van der Waals surface area contributed by atoms with Gasteiger partial charge in [-0.15, -0.1) is 0 Å². The van der Waals surface area contributed by atoms with Crippen molar-refractivity contribution in [3.63, 3.8) is 0 Å². The first-order chi connectivity index (χ1) is 10.2. The fourth-order valence-electron chi connectivity index (χ4n) is 1.67. The number of nitrogens with one attached hydrogen (secondary N) is 1. The quantitative estimate of drug-likeness (QED) is 0.628. The maximum absolute atomic E-state index is 12.2. The van der Waals surface area contributed by atoms with E-state index < -0.39 is 5.91 Å². The van der Waals surface area contributed by atoms with Crippen molar-refractivity contribution in [2.45, 2.75) is 0 Å². The Morgan fingerprint density at radius 2 is 2.05 bits per heavy atom. The number of hydrogen-bond acceptors (Lipinski definition) is 5. The summed E-state index contributed by atoms with van der Waals surface area (Å²) >= 11 is 0. The molecule has 0 aliphatic heterocycles. The molecule has 0 fully saturated rings. The number of anilines is 1. The fraction of sp³-hybridized carbons (Fsp3) is 0.200. The Hall–Kier alpha value is -2.60. The van der Waals surface area contributed by atoms with E-state index in [0.717, 1.165) is 0 Å². The number of pyridine rings is 1. The number of phenolic OH excluding ortho intramolecular Hbond substituents is 1. The zero-order valence-corrected chi connectivity index (χ0v) is 11.6. The number of nitrogens with zero attached hydrogens (tertiary/aromatic N) is 1. The summed E-state index contributed by atoms with van der Waals surface area (Å²) in [6, 6.07) is 9.74. The molecule has 0 saturated carbocycles. The first-order valence-corrected chi connectivity index (χ1v) is 6.38. The van der Waals surface area contributed by atoms with Gasteiger partial charge in [-0.05, 0) is 24.3 Å². The van der Waals surface area contributed by atoms with Gasteiger partial charge in [0.05, 0.1) is 12.3 Å². The Balaban J connectivity index is 2.13. The molecule has 110 valence electrons. The second-order valence-corrected chi connectivity index (χ2v) is 4.17. The van der Waals surface area contributed by atoms with Crippen LogP contribution in [0.5, 0.6) is 11.6 Å². The molecule has 0 unspecified atom stereocenters. The number of amides is 1. The lowest BCUT2D eigenvalue weighted by atomic mass is 10.2. The van der Waals surface area contributed by atoms with Crippen LogP contribution in [-0.4, -0.2) is 36.3 Å². The normalized spacial score (nSPS) is 10.1. The molecule has 1 aromatic carbocycles. The highest BCUT2D eigenvalue weighted by atomic mass is 16.5. The summed E-state index contributed by atoms with van der Waals surface area (Å²) in [6.07, 6.45) is 1.54. The number of aromatic nitrogens is 1. The van der Waals surface area contributed by atoms with Crippen LogP contribution in [0.3, 0.4) is 0 Å². The lowest BCUT2D eigenvalue weighted by Crippen LogP contribution is -2.15. The lowest BCUT2D eigenvalue weighted by molar-refractivity contribution is 0.101. The van der Waals surface area contributed by atoms with Crippen LogP contribution in [0.25, 0.3) is 0 Å². The molecule has 6 heteroatoms. The van der Waals surface area contributed by atoms with Gasteiger partial charge in [0.25, 0.3) is 5.91 Å². The first-order valence-electron chi connectivity index (χ1n) is 6.38. The third-order valence-electron chi connectivity index (χ3n) is 2.69. The van der Waals surface area contributed by atoms with Gasteiger partial charge < -0.3 is 19.9 Å². The maximum atomic E-state index is 12.2. The van der Waals surface area contributed by atoms with Gasteiger partial charge in [0.15, 0.2) is 0 Å². The van der Waals surface area contributed by atoms with Gasteiger partial charge in [0.2, 0.25) is 5.88 Å². The molecule has 2 rings (SSSR count). The Morgan fingerprint density at radius 3 is 2.81 bits per heavy atom. The SMILES string of the molecule is COCCOc1ncccc1C(=O)Nc1ccccc1O.